The second kappa shape index (κ2) is 8.11. The Morgan fingerprint density at radius 3 is 2.42 bits per heavy atom. The van der Waals surface area contributed by atoms with E-state index in [2.05, 4.69) is 11.9 Å². The van der Waals surface area contributed by atoms with Gasteiger partial charge in [0, 0.05) is 19.2 Å². The molecule has 0 saturated heterocycles. The first-order chi connectivity index (χ1) is 11.5. The van der Waals surface area contributed by atoms with E-state index in [4.69, 9.17) is 0 Å². The van der Waals surface area contributed by atoms with Crippen LogP contribution < -0.4 is 5.32 Å². The maximum atomic E-state index is 12.9. The number of carbonyl (C=O) groups excluding carboxylic acids is 2. The molecular weight excluding hydrogens is 300 g/mol. The van der Waals surface area contributed by atoms with Crippen LogP contribution in [0.2, 0.25) is 0 Å². The summed E-state index contributed by atoms with van der Waals surface area (Å²) in [6, 6.07) is 17.1. The third-order valence-electron chi connectivity index (χ3n) is 4.07. The average molecular weight is 322 g/mol. The minimum absolute atomic E-state index is 0.0467. The van der Waals surface area contributed by atoms with Gasteiger partial charge >= 0.3 is 0 Å². The van der Waals surface area contributed by atoms with Crippen molar-refractivity contribution in [3.05, 3.63) is 83.9 Å². The first-order valence-electron chi connectivity index (χ1n) is 7.85. The summed E-state index contributed by atoms with van der Waals surface area (Å²) in [6.45, 7) is 5.72. The molecule has 2 aromatic rings. The van der Waals surface area contributed by atoms with Gasteiger partial charge in [-0.25, -0.2) is 0 Å². The minimum Gasteiger partial charge on any atom is -0.348 e. The molecule has 0 radical (unpaired) electrons. The fourth-order valence-electron chi connectivity index (χ4n) is 2.46. The molecule has 0 aliphatic heterocycles. The van der Waals surface area contributed by atoms with E-state index in [1.807, 2.05) is 55.5 Å². The summed E-state index contributed by atoms with van der Waals surface area (Å²) >= 11 is 0. The van der Waals surface area contributed by atoms with Gasteiger partial charge in [0.1, 0.15) is 0 Å². The third-order valence-corrected chi connectivity index (χ3v) is 4.07. The summed E-state index contributed by atoms with van der Waals surface area (Å²) in [4.78, 5) is 26.0. The molecule has 124 valence electrons. The van der Waals surface area contributed by atoms with Gasteiger partial charge in [-0.2, -0.15) is 0 Å². The van der Waals surface area contributed by atoms with E-state index < -0.39 is 0 Å². The molecule has 24 heavy (non-hydrogen) atoms. The van der Waals surface area contributed by atoms with Gasteiger partial charge in [-0.15, -0.1) is 0 Å². The first-order valence-corrected chi connectivity index (χ1v) is 7.85. The predicted molar refractivity (Wildman–Crippen MR) is 95.4 cm³/mol. The molecule has 0 saturated carbocycles. The molecule has 2 rings (SSSR count). The summed E-state index contributed by atoms with van der Waals surface area (Å²) in [5, 5.41) is 2.72. The second-order valence-electron chi connectivity index (χ2n) is 5.58. The molecule has 2 aromatic carbocycles. The fraction of sp³-hybridized carbons (Fsp3) is 0.200. The number of amides is 2. The lowest BCUT2D eigenvalue weighted by atomic mass is 10.0. The van der Waals surface area contributed by atoms with E-state index in [0.29, 0.717) is 12.1 Å². The summed E-state index contributed by atoms with van der Waals surface area (Å²) in [7, 11) is 1.79. The number of rotatable bonds is 6. The molecular formula is C20H22N2O2. The monoisotopic (exact) mass is 322 g/mol. The summed E-state index contributed by atoms with van der Waals surface area (Å²) in [6.07, 6.45) is 1.22. The van der Waals surface area contributed by atoms with E-state index in [9.17, 15) is 9.59 Å². The number of hydrogen-bond donors (Lipinski definition) is 1. The van der Waals surface area contributed by atoms with Crippen molar-refractivity contribution in [3.63, 3.8) is 0 Å². The quantitative estimate of drug-likeness (QED) is 0.829. The lowest BCUT2D eigenvalue weighted by Crippen LogP contribution is -2.31. The second-order valence-corrected chi connectivity index (χ2v) is 5.58. The third kappa shape index (κ3) is 4.10. The van der Waals surface area contributed by atoms with Crippen molar-refractivity contribution >= 4 is 11.8 Å². The van der Waals surface area contributed by atoms with E-state index in [1.54, 1.807) is 18.0 Å². The van der Waals surface area contributed by atoms with Crippen LogP contribution in [-0.4, -0.2) is 23.8 Å². The van der Waals surface area contributed by atoms with Gasteiger partial charge in [0.05, 0.1) is 6.04 Å². The van der Waals surface area contributed by atoms with Crippen molar-refractivity contribution in [2.75, 3.05) is 7.05 Å². The van der Waals surface area contributed by atoms with E-state index in [-0.39, 0.29) is 17.9 Å². The van der Waals surface area contributed by atoms with Gasteiger partial charge in [-0.05, 0) is 30.2 Å². The van der Waals surface area contributed by atoms with Gasteiger partial charge in [-0.1, -0.05) is 55.1 Å². The van der Waals surface area contributed by atoms with Crippen molar-refractivity contribution in [1.29, 1.82) is 0 Å². The number of benzene rings is 2. The smallest absolute Gasteiger partial charge is 0.254 e. The maximum Gasteiger partial charge on any atom is 0.254 e. The van der Waals surface area contributed by atoms with Crippen LogP contribution in [0.1, 0.15) is 34.5 Å². The van der Waals surface area contributed by atoms with Crippen molar-refractivity contribution < 1.29 is 9.59 Å². The average Bonchev–Trinajstić information content (AvgIpc) is 2.65. The Hall–Kier alpha value is -2.88. The fourth-order valence-corrected chi connectivity index (χ4v) is 2.46. The van der Waals surface area contributed by atoms with Gasteiger partial charge in [0.15, 0.2) is 0 Å². The molecule has 0 bridgehead atoms. The van der Waals surface area contributed by atoms with Crippen molar-refractivity contribution in [3.8, 4) is 0 Å². The Morgan fingerprint density at radius 1 is 1.12 bits per heavy atom. The van der Waals surface area contributed by atoms with Gasteiger partial charge in [0.25, 0.3) is 5.91 Å². The molecule has 0 aliphatic rings. The van der Waals surface area contributed by atoms with Gasteiger partial charge < -0.3 is 10.2 Å². The number of nitrogens with one attached hydrogen (secondary N) is 1. The molecule has 4 heteroatoms. The molecule has 0 spiro atoms. The summed E-state index contributed by atoms with van der Waals surface area (Å²) in [5.74, 6) is -0.335. The minimum atomic E-state index is -0.261. The predicted octanol–water partition coefficient (Wildman–Crippen LogP) is 3.32. The molecule has 0 fully saturated rings. The van der Waals surface area contributed by atoms with Crippen molar-refractivity contribution in [1.82, 2.24) is 10.2 Å². The summed E-state index contributed by atoms with van der Waals surface area (Å²) < 4.78 is 0. The molecule has 1 atom stereocenters. The van der Waals surface area contributed by atoms with Crippen LogP contribution in [0.4, 0.5) is 0 Å². The SMILES string of the molecule is C=CC(=O)NCc1ccccc1C(=O)N(C)[C@H](C)c1ccccc1. The van der Waals surface area contributed by atoms with Crippen LogP contribution in [0.5, 0.6) is 0 Å². The normalized spacial score (nSPS) is 11.4. The highest BCUT2D eigenvalue weighted by molar-refractivity contribution is 5.96. The number of carbonyl (C=O) groups is 2. The molecule has 0 unspecified atom stereocenters. The van der Waals surface area contributed by atoms with Crippen molar-refractivity contribution in [2.45, 2.75) is 19.5 Å². The highest BCUT2D eigenvalue weighted by Crippen LogP contribution is 2.21. The highest BCUT2D eigenvalue weighted by atomic mass is 16.2. The Morgan fingerprint density at radius 2 is 1.75 bits per heavy atom. The van der Waals surface area contributed by atoms with Gasteiger partial charge in [-0.3, -0.25) is 9.59 Å². The zero-order valence-electron chi connectivity index (χ0n) is 14.0. The lowest BCUT2D eigenvalue weighted by molar-refractivity contribution is -0.116. The Kier molecular flexibility index (Phi) is 5.90. The van der Waals surface area contributed by atoms with Crippen LogP contribution in [0.3, 0.4) is 0 Å². The topological polar surface area (TPSA) is 49.4 Å². The van der Waals surface area contributed by atoms with Crippen molar-refractivity contribution in [2.24, 2.45) is 0 Å². The van der Waals surface area contributed by atoms with Crippen LogP contribution in [-0.2, 0) is 11.3 Å². The first kappa shape index (κ1) is 17.5. The van der Waals surface area contributed by atoms with E-state index in [0.717, 1.165) is 11.1 Å². The molecule has 0 aliphatic carbocycles. The zero-order valence-corrected chi connectivity index (χ0v) is 14.0. The van der Waals surface area contributed by atoms with Crippen LogP contribution >= 0.6 is 0 Å². The van der Waals surface area contributed by atoms with Crippen LogP contribution in [0, 0.1) is 0 Å². The van der Waals surface area contributed by atoms with E-state index in [1.165, 1.54) is 6.08 Å². The largest absolute Gasteiger partial charge is 0.348 e. The van der Waals surface area contributed by atoms with E-state index >= 15 is 0 Å². The molecule has 0 heterocycles. The van der Waals surface area contributed by atoms with Gasteiger partial charge in [0.2, 0.25) is 5.91 Å². The van der Waals surface area contributed by atoms with Crippen LogP contribution in [0.15, 0.2) is 67.3 Å². The highest BCUT2D eigenvalue weighted by Gasteiger charge is 2.20. The number of hydrogen-bond acceptors (Lipinski definition) is 2. The summed E-state index contributed by atoms with van der Waals surface area (Å²) in [5.41, 5.74) is 2.45. The Bertz CT molecular complexity index is 725. The number of nitrogens with zero attached hydrogens (tertiary/aromatic N) is 1. The zero-order chi connectivity index (χ0) is 17.5. The molecule has 4 nitrogen and oxygen atoms in total. The maximum absolute atomic E-state index is 12.9. The standard InChI is InChI=1S/C20H22N2O2/c1-4-19(23)21-14-17-12-8-9-13-18(17)20(24)22(3)15(2)16-10-6-5-7-11-16/h4-13,15H,1,14H2,2-3H3,(H,21,23)/t15-/m1/s1. The molecule has 2 amide bonds. The van der Waals surface area contributed by atoms with Crippen LogP contribution in [0.25, 0.3) is 0 Å². The Balaban J connectivity index is 2.19. The Labute approximate surface area is 142 Å². The molecule has 0 aromatic heterocycles. The molecule has 1 N–H and O–H groups in total. The lowest BCUT2D eigenvalue weighted by Gasteiger charge is -2.26.